The molecular weight excluding hydrogens is 230 g/mol. The summed E-state index contributed by atoms with van der Waals surface area (Å²) in [6.07, 6.45) is 2.70. The molecule has 0 heterocycles. The molecule has 92 valence electrons. The molecule has 0 amide bonds. The predicted octanol–water partition coefficient (Wildman–Crippen LogP) is 2.86. The molecule has 0 bridgehead atoms. The van der Waals surface area contributed by atoms with Gasteiger partial charge in [0.2, 0.25) is 0 Å². The normalized spacial score (nSPS) is 10.8. The number of alkyl halides is 2. The maximum Gasteiger partial charge on any atom is 0.387 e. The first-order valence-corrected chi connectivity index (χ1v) is 5.01. The number of esters is 1. The van der Waals surface area contributed by atoms with Gasteiger partial charge in [-0.25, -0.2) is 4.79 Å². The number of hydrogen-bond acceptors (Lipinski definition) is 3. The Kier molecular flexibility index (Phi) is 5.13. The second-order valence-corrected chi connectivity index (χ2v) is 3.04. The highest BCUT2D eigenvalue weighted by Crippen LogP contribution is 2.16. The third-order valence-electron chi connectivity index (χ3n) is 1.78. The molecule has 0 aliphatic rings. The lowest BCUT2D eigenvalue weighted by Crippen LogP contribution is -2.01. The molecule has 1 aromatic rings. The smallest absolute Gasteiger partial charge is 0.387 e. The van der Waals surface area contributed by atoms with Gasteiger partial charge in [-0.2, -0.15) is 8.78 Å². The van der Waals surface area contributed by atoms with E-state index in [2.05, 4.69) is 9.47 Å². The fraction of sp³-hybridized carbons (Fsp3) is 0.250. The Morgan fingerprint density at radius 1 is 1.47 bits per heavy atom. The van der Waals surface area contributed by atoms with Gasteiger partial charge in [0.25, 0.3) is 0 Å². The Balaban J connectivity index is 2.68. The molecule has 3 nitrogen and oxygen atoms in total. The number of rotatable bonds is 5. The standard InChI is InChI=1S/C12H12F2O3/c1-2-16-11(15)7-6-9-4-3-5-10(8-9)17-12(13)14/h3-8,12H,2H2,1H3/b7-6+. The molecule has 17 heavy (non-hydrogen) atoms. The molecule has 0 fully saturated rings. The van der Waals surface area contributed by atoms with Gasteiger partial charge in [0.05, 0.1) is 6.61 Å². The zero-order chi connectivity index (χ0) is 12.7. The van der Waals surface area contributed by atoms with E-state index in [0.29, 0.717) is 5.56 Å². The van der Waals surface area contributed by atoms with Crippen molar-refractivity contribution in [2.75, 3.05) is 6.61 Å². The lowest BCUT2D eigenvalue weighted by atomic mass is 10.2. The van der Waals surface area contributed by atoms with E-state index < -0.39 is 12.6 Å². The molecule has 0 radical (unpaired) electrons. The van der Waals surface area contributed by atoms with Crippen LogP contribution in [0.5, 0.6) is 5.75 Å². The monoisotopic (exact) mass is 242 g/mol. The Bertz CT molecular complexity index is 402. The molecule has 0 unspecified atom stereocenters. The molecule has 0 saturated heterocycles. The summed E-state index contributed by atoms with van der Waals surface area (Å²) >= 11 is 0. The van der Waals surface area contributed by atoms with Gasteiger partial charge < -0.3 is 9.47 Å². The first-order valence-electron chi connectivity index (χ1n) is 5.01. The molecule has 0 aromatic heterocycles. The number of halogens is 2. The van der Waals surface area contributed by atoms with E-state index in [9.17, 15) is 13.6 Å². The van der Waals surface area contributed by atoms with Crippen molar-refractivity contribution in [2.24, 2.45) is 0 Å². The van der Waals surface area contributed by atoms with Gasteiger partial charge in [-0.1, -0.05) is 12.1 Å². The highest BCUT2D eigenvalue weighted by molar-refractivity contribution is 5.87. The van der Waals surface area contributed by atoms with Crippen molar-refractivity contribution in [2.45, 2.75) is 13.5 Å². The van der Waals surface area contributed by atoms with E-state index >= 15 is 0 Å². The van der Waals surface area contributed by atoms with E-state index in [1.165, 1.54) is 24.3 Å². The summed E-state index contributed by atoms with van der Waals surface area (Å²) in [5.41, 5.74) is 0.580. The average molecular weight is 242 g/mol. The minimum Gasteiger partial charge on any atom is -0.463 e. The number of ether oxygens (including phenoxy) is 2. The van der Waals surface area contributed by atoms with Crippen LogP contribution in [-0.2, 0) is 9.53 Å². The number of carbonyl (C=O) groups excluding carboxylic acids is 1. The second kappa shape index (κ2) is 6.62. The SMILES string of the molecule is CCOC(=O)/C=C/c1cccc(OC(F)F)c1. The van der Waals surface area contributed by atoms with E-state index in [4.69, 9.17) is 0 Å². The van der Waals surface area contributed by atoms with E-state index in [-0.39, 0.29) is 12.4 Å². The topological polar surface area (TPSA) is 35.5 Å². The van der Waals surface area contributed by atoms with Gasteiger partial charge in [-0.15, -0.1) is 0 Å². The van der Waals surface area contributed by atoms with Crippen LogP contribution in [0.3, 0.4) is 0 Å². The van der Waals surface area contributed by atoms with Crippen LogP contribution < -0.4 is 4.74 Å². The van der Waals surface area contributed by atoms with Crippen LogP contribution in [0.15, 0.2) is 30.3 Å². The highest BCUT2D eigenvalue weighted by atomic mass is 19.3. The summed E-state index contributed by atoms with van der Waals surface area (Å²) in [5.74, 6) is -0.432. The fourth-order valence-electron chi connectivity index (χ4n) is 1.15. The van der Waals surface area contributed by atoms with E-state index in [1.807, 2.05) is 0 Å². The first kappa shape index (κ1) is 13.2. The Labute approximate surface area is 97.7 Å². The van der Waals surface area contributed by atoms with Crippen molar-refractivity contribution >= 4 is 12.0 Å². The van der Waals surface area contributed by atoms with Crippen LogP contribution in [0.2, 0.25) is 0 Å². The van der Waals surface area contributed by atoms with Crippen LogP contribution in [0.4, 0.5) is 8.78 Å². The van der Waals surface area contributed by atoms with Crippen molar-refractivity contribution in [3.05, 3.63) is 35.9 Å². The van der Waals surface area contributed by atoms with Crippen molar-refractivity contribution in [3.63, 3.8) is 0 Å². The van der Waals surface area contributed by atoms with Gasteiger partial charge in [0.1, 0.15) is 5.75 Å². The summed E-state index contributed by atoms with van der Waals surface area (Å²) in [6.45, 7) is -0.875. The quantitative estimate of drug-likeness (QED) is 0.588. The summed E-state index contributed by atoms with van der Waals surface area (Å²) in [6, 6.07) is 6.03. The number of carbonyl (C=O) groups is 1. The Morgan fingerprint density at radius 3 is 2.88 bits per heavy atom. The van der Waals surface area contributed by atoms with Crippen LogP contribution in [-0.4, -0.2) is 19.2 Å². The van der Waals surface area contributed by atoms with Crippen LogP contribution >= 0.6 is 0 Å². The second-order valence-electron chi connectivity index (χ2n) is 3.04. The lowest BCUT2D eigenvalue weighted by Gasteiger charge is -2.04. The van der Waals surface area contributed by atoms with Crippen LogP contribution in [0, 0.1) is 0 Å². The maximum atomic E-state index is 12.0. The van der Waals surface area contributed by atoms with Gasteiger partial charge in [-0.05, 0) is 30.7 Å². The molecule has 0 aliphatic carbocycles. The zero-order valence-electron chi connectivity index (χ0n) is 9.23. The molecule has 0 spiro atoms. The number of hydrogen-bond donors (Lipinski definition) is 0. The summed E-state index contributed by atoms with van der Waals surface area (Å²) in [4.78, 5) is 11.0. The fourth-order valence-corrected chi connectivity index (χ4v) is 1.15. The third kappa shape index (κ3) is 5.10. The van der Waals surface area contributed by atoms with Gasteiger partial charge >= 0.3 is 12.6 Å². The largest absolute Gasteiger partial charge is 0.463 e. The zero-order valence-corrected chi connectivity index (χ0v) is 9.23. The van der Waals surface area contributed by atoms with Crippen molar-refractivity contribution in [3.8, 4) is 5.75 Å². The molecule has 0 aliphatic heterocycles. The van der Waals surface area contributed by atoms with Gasteiger partial charge in [0, 0.05) is 6.08 Å². The minimum atomic E-state index is -2.86. The molecule has 0 N–H and O–H groups in total. The summed E-state index contributed by atoms with van der Waals surface area (Å²) in [5, 5.41) is 0. The van der Waals surface area contributed by atoms with Crippen molar-refractivity contribution in [1.82, 2.24) is 0 Å². The van der Waals surface area contributed by atoms with Crippen molar-refractivity contribution < 1.29 is 23.0 Å². The maximum absolute atomic E-state index is 12.0. The average Bonchev–Trinajstić information content (AvgIpc) is 2.26. The Hall–Kier alpha value is -1.91. The number of benzene rings is 1. The summed E-state index contributed by atoms with van der Waals surface area (Å²) < 4.78 is 32.8. The van der Waals surface area contributed by atoms with Crippen molar-refractivity contribution in [1.29, 1.82) is 0 Å². The predicted molar refractivity (Wildman–Crippen MR) is 58.7 cm³/mol. The molecule has 1 rings (SSSR count). The molecular formula is C12H12F2O3. The van der Waals surface area contributed by atoms with E-state index in [1.54, 1.807) is 19.1 Å². The van der Waals surface area contributed by atoms with Crippen LogP contribution in [0.25, 0.3) is 6.08 Å². The van der Waals surface area contributed by atoms with Gasteiger partial charge in [0.15, 0.2) is 0 Å². The highest BCUT2D eigenvalue weighted by Gasteiger charge is 2.03. The molecule has 1 aromatic carbocycles. The van der Waals surface area contributed by atoms with Gasteiger partial charge in [-0.3, -0.25) is 0 Å². The van der Waals surface area contributed by atoms with Crippen LogP contribution in [0.1, 0.15) is 12.5 Å². The van der Waals surface area contributed by atoms with E-state index in [0.717, 1.165) is 0 Å². The Morgan fingerprint density at radius 2 is 2.24 bits per heavy atom. The lowest BCUT2D eigenvalue weighted by molar-refractivity contribution is -0.137. The minimum absolute atomic E-state index is 0.0472. The molecule has 0 atom stereocenters. The third-order valence-corrected chi connectivity index (χ3v) is 1.78. The molecule has 0 saturated carbocycles. The first-order chi connectivity index (χ1) is 8.11. The summed E-state index contributed by atoms with van der Waals surface area (Å²) in [7, 11) is 0. The molecule has 5 heteroatoms.